The summed E-state index contributed by atoms with van der Waals surface area (Å²) in [4.78, 5) is 8.39. The summed E-state index contributed by atoms with van der Waals surface area (Å²) in [6.07, 6.45) is 7.25. The van der Waals surface area contributed by atoms with Gasteiger partial charge in [0.2, 0.25) is 0 Å². The number of rotatable bonds is 4. The van der Waals surface area contributed by atoms with Crippen molar-refractivity contribution in [3.63, 3.8) is 0 Å². The first-order chi connectivity index (χ1) is 15.3. The average Bonchev–Trinajstić information content (AvgIpc) is 2.85. The van der Waals surface area contributed by atoms with Crippen LogP contribution in [0.2, 0.25) is 0 Å². The van der Waals surface area contributed by atoms with Gasteiger partial charge in [-0.2, -0.15) is 0 Å². The van der Waals surface area contributed by atoms with Crippen molar-refractivity contribution in [2.75, 3.05) is 0 Å². The Morgan fingerprint density at radius 2 is 1.00 bits per heavy atom. The number of hydrogen-bond acceptors (Lipinski definition) is 3. The molecule has 2 aromatic heterocycles. The van der Waals surface area contributed by atoms with Crippen molar-refractivity contribution >= 4 is 0 Å². The third-order valence-electron chi connectivity index (χ3n) is 5.40. The number of nitrogens with zero attached hydrogens (tertiary/aromatic N) is 2. The molecular weight excluding hydrogens is 387 g/mol. The Hall–Kier alpha value is -3.64. The standard InChI is InChI=1S/C28H20N2O.Li.H/c31-27-7-1-6-26(22-12-8-20(9-13-22)24-4-2-16-29-18-24)28(27)23-14-10-21(11-15-23)25-5-3-17-30-19-25;;/h1-19,31H;;/q;+1;-1. The predicted octanol–water partition coefficient (Wildman–Crippen LogP) is 3.97. The number of aromatic nitrogens is 2. The topological polar surface area (TPSA) is 46.0 Å². The first-order valence-electron chi connectivity index (χ1n) is 10.1. The molecule has 0 spiro atoms. The zero-order valence-corrected chi connectivity index (χ0v) is 17.8. The van der Waals surface area contributed by atoms with Crippen LogP contribution in [-0.2, 0) is 0 Å². The second kappa shape index (κ2) is 9.66. The second-order valence-corrected chi connectivity index (χ2v) is 7.34. The molecule has 150 valence electrons. The van der Waals surface area contributed by atoms with E-state index in [9.17, 15) is 5.11 Å². The van der Waals surface area contributed by atoms with Gasteiger partial charge in [0.15, 0.2) is 0 Å². The Morgan fingerprint density at radius 1 is 0.500 bits per heavy atom. The molecule has 0 saturated heterocycles. The number of aromatic hydroxyl groups is 1. The fourth-order valence-corrected chi connectivity index (χ4v) is 3.82. The maximum atomic E-state index is 10.7. The number of phenolic OH excluding ortho intramolecular Hbond substituents is 1. The van der Waals surface area contributed by atoms with E-state index < -0.39 is 0 Å². The van der Waals surface area contributed by atoms with Gasteiger partial charge in [0.05, 0.1) is 0 Å². The molecule has 32 heavy (non-hydrogen) atoms. The molecular formula is C28H21LiN2O. The van der Waals surface area contributed by atoms with E-state index in [0.29, 0.717) is 0 Å². The van der Waals surface area contributed by atoms with Crippen molar-refractivity contribution in [1.29, 1.82) is 0 Å². The molecule has 0 amide bonds. The molecule has 5 aromatic rings. The molecule has 0 fully saturated rings. The fourth-order valence-electron chi connectivity index (χ4n) is 3.82. The maximum absolute atomic E-state index is 10.7. The molecule has 1 N–H and O–H groups in total. The maximum Gasteiger partial charge on any atom is 1.00 e. The summed E-state index contributed by atoms with van der Waals surface area (Å²) in [5.74, 6) is 0.267. The van der Waals surface area contributed by atoms with Gasteiger partial charge in [0, 0.05) is 30.4 Å². The van der Waals surface area contributed by atoms with Crippen molar-refractivity contribution in [1.82, 2.24) is 9.97 Å². The summed E-state index contributed by atoms with van der Waals surface area (Å²) in [5, 5.41) is 10.7. The fraction of sp³-hybridized carbons (Fsp3) is 0. The van der Waals surface area contributed by atoms with E-state index in [2.05, 4.69) is 46.4 Å². The van der Waals surface area contributed by atoms with Crippen LogP contribution < -0.4 is 18.9 Å². The molecule has 3 nitrogen and oxygen atoms in total. The molecule has 4 heteroatoms. The third-order valence-corrected chi connectivity index (χ3v) is 5.40. The van der Waals surface area contributed by atoms with Gasteiger partial charge in [0.25, 0.3) is 0 Å². The van der Waals surface area contributed by atoms with Crippen molar-refractivity contribution in [2.45, 2.75) is 0 Å². The van der Waals surface area contributed by atoms with E-state index in [1.54, 1.807) is 18.5 Å². The van der Waals surface area contributed by atoms with Gasteiger partial charge in [-0.15, -0.1) is 0 Å². The van der Waals surface area contributed by atoms with Crippen LogP contribution in [0, 0.1) is 0 Å². The van der Waals surface area contributed by atoms with Crippen LogP contribution in [0.3, 0.4) is 0 Å². The van der Waals surface area contributed by atoms with Gasteiger partial charge in [-0.3, -0.25) is 9.97 Å². The zero-order chi connectivity index (χ0) is 21.0. The minimum atomic E-state index is 0. The van der Waals surface area contributed by atoms with E-state index in [4.69, 9.17) is 0 Å². The summed E-state index contributed by atoms with van der Waals surface area (Å²) in [5.41, 5.74) is 8.19. The van der Waals surface area contributed by atoms with Crippen LogP contribution in [0.4, 0.5) is 0 Å². The van der Waals surface area contributed by atoms with Crippen LogP contribution in [0.5, 0.6) is 5.75 Å². The van der Waals surface area contributed by atoms with E-state index >= 15 is 0 Å². The van der Waals surface area contributed by atoms with Crippen LogP contribution >= 0.6 is 0 Å². The molecule has 5 rings (SSSR count). The average molecular weight is 408 g/mol. The Bertz CT molecular complexity index is 1310. The summed E-state index contributed by atoms with van der Waals surface area (Å²) in [6, 6.07) is 30.2. The number of pyridine rings is 2. The molecule has 2 heterocycles. The van der Waals surface area contributed by atoms with Crippen molar-refractivity contribution < 1.29 is 25.4 Å². The summed E-state index contributed by atoms with van der Waals surface area (Å²) in [6.45, 7) is 0. The summed E-state index contributed by atoms with van der Waals surface area (Å²) >= 11 is 0. The van der Waals surface area contributed by atoms with E-state index in [1.165, 1.54) is 0 Å². The Labute approximate surface area is 201 Å². The smallest absolute Gasteiger partial charge is 1.00 e. The second-order valence-electron chi connectivity index (χ2n) is 7.34. The molecule has 0 aliphatic rings. The molecule has 3 aromatic carbocycles. The summed E-state index contributed by atoms with van der Waals surface area (Å²) < 4.78 is 0. The molecule has 0 aliphatic heterocycles. The van der Waals surface area contributed by atoms with Gasteiger partial charge < -0.3 is 6.53 Å². The molecule has 0 saturated carbocycles. The van der Waals surface area contributed by atoms with Crippen molar-refractivity contribution in [3.05, 3.63) is 116 Å². The minimum Gasteiger partial charge on any atom is -1.00 e. The molecule has 0 bridgehead atoms. The monoisotopic (exact) mass is 408 g/mol. The van der Waals surface area contributed by atoms with Gasteiger partial charge in [-0.25, -0.2) is 0 Å². The number of hydrogen-bond donors (Lipinski definition) is 1. The predicted molar refractivity (Wildman–Crippen MR) is 127 cm³/mol. The van der Waals surface area contributed by atoms with E-state index in [1.807, 2.05) is 60.9 Å². The van der Waals surface area contributed by atoms with Crippen molar-refractivity contribution in [2.24, 2.45) is 0 Å². The Balaban J connectivity index is 0.00000153. The van der Waals surface area contributed by atoms with Crippen LogP contribution in [-0.4, -0.2) is 15.1 Å². The zero-order valence-electron chi connectivity index (χ0n) is 18.8. The summed E-state index contributed by atoms with van der Waals surface area (Å²) in [7, 11) is 0. The molecule has 0 atom stereocenters. The van der Waals surface area contributed by atoms with Gasteiger partial charge in [0.1, 0.15) is 5.75 Å². The Morgan fingerprint density at radius 3 is 1.50 bits per heavy atom. The van der Waals surface area contributed by atoms with Crippen LogP contribution in [0.15, 0.2) is 116 Å². The molecule has 0 aliphatic carbocycles. The molecule has 0 radical (unpaired) electrons. The van der Waals surface area contributed by atoms with E-state index in [-0.39, 0.29) is 26.0 Å². The van der Waals surface area contributed by atoms with Crippen LogP contribution in [0.1, 0.15) is 1.43 Å². The van der Waals surface area contributed by atoms with Gasteiger partial charge >= 0.3 is 18.9 Å². The number of phenols is 1. The number of benzene rings is 3. The normalized spacial score (nSPS) is 10.4. The first-order valence-corrected chi connectivity index (χ1v) is 10.1. The first kappa shape index (κ1) is 21.6. The minimum absolute atomic E-state index is 0. The van der Waals surface area contributed by atoms with Crippen LogP contribution in [0.25, 0.3) is 44.5 Å². The third kappa shape index (κ3) is 4.36. The largest absolute Gasteiger partial charge is 1.00 e. The Kier molecular flexibility index (Phi) is 6.52. The molecule has 0 unspecified atom stereocenters. The van der Waals surface area contributed by atoms with Gasteiger partial charge in [-0.1, -0.05) is 72.8 Å². The van der Waals surface area contributed by atoms with Gasteiger partial charge in [-0.05, 0) is 57.1 Å². The quantitative estimate of drug-likeness (QED) is 0.458. The SMILES string of the molecule is Oc1cccc(-c2ccc(-c3cccnc3)cc2)c1-c1ccc(-c2cccnc2)cc1.[H-].[Li+]. The van der Waals surface area contributed by atoms with Crippen molar-refractivity contribution in [3.8, 4) is 50.3 Å². The van der Waals surface area contributed by atoms with E-state index in [0.717, 1.165) is 44.5 Å².